The molecule has 1 atom stereocenters. The number of carboxylic acid groups (broad SMARTS) is 1. The molecule has 3 N–H and O–H groups in total. The van der Waals surface area contributed by atoms with Crippen LogP contribution < -0.4 is 5.73 Å². The van der Waals surface area contributed by atoms with E-state index >= 15 is 0 Å². The predicted octanol–water partition coefficient (Wildman–Crippen LogP) is 0.149. The van der Waals surface area contributed by atoms with E-state index in [0.29, 0.717) is 0 Å². The molecule has 1 rings (SSSR count). The topological polar surface area (TPSA) is 119 Å². The van der Waals surface area contributed by atoms with Gasteiger partial charge in [0, 0.05) is 0 Å². The molecule has 12 heavy (non-hydrogen) atoms. The molecule has 0 radical (unpaired) electrons. The highest BCUT2D eigenvalue weighted by Crippen LogP contribution is 2.17. The molecule has 0 aliphatic heterocycles. The third-order valence-electron chi connectivity index (χ3n) is 1.16. The van der Waals surface area contributed by atoms with Crippen molar-refractivity contribution in [3.63, 3.8) is 0 Å². The van der Waals surface area contributed by atoms with E-state index in [0.717, 1.165) is 6.26 Å². The average molecular weight is 171 g/mol. The average Bonchev–Trinajstić information content (AvgIpc) is 2.37. The fraction of sp³-hybridized carbons (Fsp3) is 0.200. The Balaban J connectivity index is 2.94. The number of hydrogen-bond donors (Lipinski definition) is 2. The lowest BCUT2D eigenvalue weighted by molar-refractivity contribution is -0.138. The highest BCUT2D eigenvalue weighted by molar-refractivity contribution is 5.74. The van der Waals surface area contributed by atoms with Gasteiger partial charge in [-0.15, -0.1) is 4.91 Å². The van der Waals surface area contributed by atoms with Crippen molar-refractivity contribution in [2.45, 2.75) is 6.04 Å². The van der Waals surface area contributed by atoms with Crippen molar-refractivity contribution in [3.8, 4) is 0 Å². The first kappa shape index (κ1) is 8.18. The second kappa shape index (κ2) is 2.99. The molecule has 0 spiro atoms. The minimum absolute atomic E-state index is 0.102. The van der Waals surface area contributed by atoms with Crippen molar-refractivity contribution in [3.05, 3.63) is 16.9 Å². The number of nitrogen functional groups attached to an aromatic ring is 1. The van der Waals surface area contributed by atoms with Crippen LogP contribution in [0, 0.1) is 4.91 Å². The number of anilines is 1. The molecule has 0 fully saturated rings. The first-order valence-electron chi connectivity index (χ1n) is 2.91. The molecule has 0 aromatic carbocycles. The summed E-state index contributed by atoms with van der Waals surface area (Å²) in [6.07, 6.45) is 0.982. The van der Waals surface area contributed by atoms with Gasteiger partial charge in [-0.2, -0.15) is 4.98 Å². The summed E-state index contributed by atoms with van der Waals surface area (Å²) in [5, 5.41) is 10.8. The van der Waals surface area contributed by atoms with E-state index in [4.69, 9.17) is 10.8 Å². The van der Waals surface area contributed by atoms with Gasteiger partial charge in [0.05, 0.1) is 0 Å². The summed E-state index contributed by atoms with van der Waals surface area (Å²) in [7, 11) is 0. The van der Waals surface area contributed by atoms with Crippen LogP contribution in [0.25, 0.3) is 0 Å². The van der Waals surface area contributed by atoms with Crippen LogP contribution in [0.3, 0.4) is 0 Å². The van der Waals surface area contributed by atoms with Crippen LogP contribution in [0.4, 0.5) is 6.01 Å². The number of nitroso groups, excluding NO2 is 1. The molecule has 0 saturated heterocycles. The molecular formula is C5H5N3O4. The first-order valence-corrected chi connectivity index (χ1v) is 2.91. The molecule has 0 amide bonds. The number of aliphatic carboxylic acids is 1. The second-order valence-electron chi connectivity index (χ2n) is 1.96. The Morgan fingerprint density at radius 3 is 2.83 bits per heavy atom. The maximum Gasteiger partial charge on any atom is 0.338 e. The third-order valence-corrected chi connectivity index (χ3v) is 1.16. The second-order valence-corrected chi connectivity index (χ2v) is 1.96. The zero-order valence-corrected chi connectivity index (χ0v) is 5.80. The highest BCUT2D eigenvalue weighted by atomic mass is 16.4. The number of oxazole rings is 1. The Morgan fingerprint density at radius 1 is 1.83 bits per heavy atom. The van der Waals surface area contributed by atoms with Crippen molar-refractivity contribution in [2.24, 2.45) is 5.18 Å². The Morgan fingerprint density at radius 2 is 2.50 bits per heavy atom. The van der Waals surface area contributed by atoms with Crippen LogP contribution in [0.15, 0.2) is 15.9 Å². The number of nitrogens with zero attached hydrogens (tertiary/aromatic N) is 2. The lowest BCUT2D eigenvalue weighted by Crippen LogP contribution is -2.08. The van der Waals surface area contributed by atoms with Gasteiger partial charge in [0.15, 0.2) is 0 Å². The molecule has 1 heterocycles. The van der Waals surface area contributed by atoms with Gasteiger partial charge in [-0.25, -0.2) is 4.79 Å². The van der Waals surface area contributed by atoms with Gasteiger partial charge in [-0.1, -0.05) is 0 Å². The fourth-order valence-corrected chi connectivity index (χ4v) is 0.652. The van der Waals surface area contributed by atoms with Gasteiger partial charge in [-0.05, 0) is 5.18 Å². The summed E-state index contributed by atoms with van der Waals surface area (Å²) in [6.45, 7) is 0. The summed E-state index contributed by atoms with van der Waals surface area (Å²) in [6, 6.07) is -1.74. The zero-order valence-electron chi connectivity index (χ0n) is 5.80. The van der Waals surface area contributed by atoms with Crippen molar-refractivity contribution in [1.82, 2.24) is 4.98 Å². The number of hydrogen-bond acceptors (Lipinski definition) is 6. The normalized spacial score (nSPS) is 12.3. The number of rotatable bonds is 3. The van der Waals surface area contributed by atoms with Gasteiger partial charge in [-0.3, -0.25) is 0 Å². The van der Waals surface area contributed by atoms with E-state index < -0.39 is 12.0 Å². The van der Waals surface area contributed by atoms with Crippen LogP contribution in [-0.2, 0) is 4.79 Å². The van der Waals surface area contributed by atoms with E-state index in [1.54, 1.807) is 0 Å². The Labute approximate surface area is 66.2 Å². The molecule has 0 bridgehead atoms. The monoisotopic (exact) mass is 171 g/mol. The molecule has 1 aromatic rings. The van der Waals surface area contributed by atoms with Crippen LogP contribution in [0.5, 0.6) is 0 Å². The quantitative estimate of drug-likeness (QED) is 0.624. The van der Waals surface area contributed by atoms with E-state index in [1.165, 1.54) is 0 Å². The molecular weight excluding hydrogens is 166 g/mol. The van der Waals surface area contributed by atoms with E-state index in [-0.39, 0.29) is 11.7 Å². The van der Waals surface area contributed by atoms with E-state index in [9.17, 15) is 9.70 Å². The number of aromatic nitrogens is 1. The molecule has 64 valence electrons. The minimum atomic E-state index is -1.55. The summed E-state index contributed by atoms with van der Waals surface area (Å²) in [5.74, 6) is -1.39. The van der Waals surface area contributed by atoms with Crippen LogP contribution in [0.1, 0.15) is 11.7 Å². The van der Waals surface area contributed by atoms with Gasteiger partial charge in [0.1, 0.15) is 12.0 Å². The van der Waals surface area contributed by atoms with Gasteiger partial charge >= 0.3 is 5.97 Å². The van der Waals surface area contributed by atoms with Crippen LogP contribution >= 0.6 is 0 Å². The van der Waals surface area contributed by atoms with Crippen molar-refractivity contribution in [2.75, 3.05) is 5.73 Å². The van der Waals surface area contributed by atoms with Crippen LogP contribution in [-0.4, -0.2) is 16.1 Å². The Hall–Kier alpha value is -1.92. The molecule has 0 aliphatic carbocycles. The molecule has 0 aliphatic rings. The first-order chi connectivity index (χ1) is 5.65. The molecule has 7 nitrogen and oxygen atoms in total. The summed E-state index contributed by atoms with van der Waals surface area (Å²) < 4.78 is 4.50. The number of carboxylic acids is 1. The summed E-state index contributed by atoms with van der Waals surface area (Å²) in [5.41, 5.74) is 4.95. The predicted molar refractivity (Wildman–Crippen MR) is 37.1 cm³/mol. The lowest BCUT2D eigenvalue weighted by atomic mass is 10.2. The fourth-order valence-electron chi connectivity index (χ4n) is 0.652. The number of carbonyl (C=O) groups is 1. The number of nitrogens with two attached hydrogens (primary N) is 1. The highest BCUT2D eigenvalue weighted by Gasteiger charge is 2.23. The molecule has 7 heteroatoms. The van der Waals surface area contributed by atoms with Gasteiger partial charge in [0.25, 0.3) is 6.01 Å². The lowest BCUT2D eigenvalue weighted by Gasteiger charge is -1.95. The maximum atomic E-state index is 10.3. The molecule has 0 saturated carbocycles. The van der Waals surface area contributed by atoms with Gasteiger partial charge in [0.2, 0.25) is 6.04 Å². The smallest absolute Gasteiger partial charge is 0.338 e. The Bertz CT molecular complexity index is 307. The maximum absolute atomic E-state index is 10.3. The molecule has 1 aromatic heterocycles. The van der Waals surface area contributed by atoms with E-state index in [1.807, 2.05) is 0 Å². The van der Waals surface area contributed by atoms with E-state index in [2.05, 4.69) is 14.6 Å². The zero-order chi connectivity index (χ0) is 9.14. The van der Waals surface area contributed by atoms with Gasteiger partial charge < -0.3 is 15.3 Å². The standard InChI is InChI=1S/C5H5N3O4/c6-5-7-2(1-12-5)3(8-11)4(9)10/h1,3H,(H2,6,7)(H,9,10). The minimum Gasteiger partial charge on any atom is -0.479 e. The Kier molecular flexibility index (Phi) is 2.04. The summed E-state index contributed by atoms with van der Waals surface area (Å²) in [4.78, 5) is 23.8. The largest absolute Gasteiger partial charge is 0.479 e. The van der Waals surface area contributed by atoms with Crippen molar-refractivity contribution >= 4 is 12.0 Å². The SMILES string of the molecule is Nc1nc(C(N=O)C(=O)O)co1. The third kappa shape index (κ3) is 1.39. The van der Waals surface area contributed by atoms with Crippen LogP contribution in [0.2, 0.25) is 0 Å². The molecule has 1 unspecified atom stereocenters. The van der Waals surface area contributed by atoms with Crippen molar-refractivity contribution < 1.29 is 14.3 Å². The summed E-state index contributed by atoms with van der Waals surface area (Å²) >= 11 is 0. The van der Waals surface area contributed by atoms with Crippen molar-refractivity contribution in [1.29, 1.82) is 0 Å².